The van der Waals surface area contributed by atoms with Crippen LogP contribution in [-0.4, -0.2) is 72.8 Å². The summed E-state index contributed by atoms with van der Waals surface area (Å²) in [6, 6.07) is 5.90. The summed E-state index contributed by atoms with van der Waals surface area (Å²) >= 11 is 0. The van der Waals surface area contributed by atoms with Gasteiger partial charge in [-0.05, 0) is 43.1 Å². The topological polar surface area (TPSA) is 82.1 Å². The van der Waals surface area contributed by atoms with Crippen molar-refractivity contribution in [3.05, 3.63) is 29.3 Å². The lowest BCUT2D eigenvalue weighted by Gasteiger charge is -2.34. The number of anilines is 1. The summed E-state index contributed by atoms with van der Waals surface area (Å²) in [6.45, 7) is 6.09. The number of aryl methyl sites for hydroxylation is 2. The van der Waals surface area contributed by atoms with Crippen molar-refractivity contribution in [2.45, 2.75) is 32.8 Å². The first-order valence-electron chi connectivity index (χ1n) is 9.12. The van der Waals surface area contributed by atoms with Crippen molar-refractivity contribution in [3.8, 4) is 0 Å². The molecule has 144 valence electrons. The number of carbonyl (C=O) groups excluding carboxylic acids is 1. The molecule has 1 heterocycles. The van der Waals surface area contributed by atoms with E-state index < -0.39 is 5.97 Å². The lowest BCUT2D eigenvalue weighted by atomic mass is 10.0. The Balaban J connectivity index is 1.93. The smallest absolute Gasteiger partial charge is 0.322 e. The van der Waals surface area contributed by atoms with Gasteiger partial charge in [0.05, 0.1) is 19.3 Å². The van der Waals surface area contributed by atoms with E-state index in [4.69, 9.17) is 9.84 Å². The molecule has 0 saturated carbocycles. The zero-order valence-electron chi connectivity index (χ0n) is 15.8. The van der Waals surface area contributed by atoms with Gasteiger partial charge in [-0.15, -0.1) is 0 Å². The van der Waals surface area contributed by atoms with Gasteiger partial charge in [0.2, 0.25) is 0 Å². The molecule has 7 heteroatoms. The fourth-order valence-corrected chi connectivity index (χ4v) is 3.24. The van der Waals surface area contributed by atoms with Gasteiger partial charge in [0.1, 0.15) is 0 Å². The highest BCUT2D eigenvalue weighted by molar-refractivity contribution is 5.89. The van der Waals surface area contributed by atoms with Crippen LogP contribution in [0.3, 0.4) is 0 Å². The lowest BCUT2D eigenvalue weighted by molar-refractivity contribution is -0.138. The van der Waals surface area contributed by atoms with Gasteiger partial charge < -0.3 is 20.1 Å². The number of amides is 2. The van der Waals surface area contributed by atoms with Gasteiger partial charge >= 0.3 is 12.0 Å². The van der Waals surface area contributed by atoms with Gasteiger partial charge in [0, 0.05) is 25.3 Å². The fraction of sp³-hybridized carbons (Fsp3) is 0.579. The number of aliphatic carboxylic acids is 1. The Bertz CT molecular complexity index is 635. The van der Waals surface area contributed by atoms with Crippen molar-refractivity contribution < 1.29 is 19.4 Å². The number of ether oxygens (including phenoxy) is 1. The average molecular weight is 363 g/mol. The normalized spacial score (nSPS) is 17.4. The van der Waals surface area contributed by atoms with E-state index in [0.29, 0.717) is 26.2 Å². The molecule has 1 unspecified atom stereocenters. The maximum absolute atomic E-state index is 12.6. The number of carboxylic acid groups (broad SMARTS) is 1. The number of rotatable bonds is 7. The van der Waals surface area contributed by atoms with Gasteiger partial charge in [0.15, 0.2) is 0 Å². The molecular weight excluding hydrogens is 334 g/mol. The molecule has 26 heavy (non-hydrogen) atoms. The van der Waals surface area contributed by atoms with Crippen molar-refractivity contribution in [1.29, 1.82) is 0 Å². The quantitative estimate of drug-likeness (QED) is 0.775. The molecule has 7 nitrogen and oxygen atoms in total. The summed E-state index contributed by atoms with van der Waals surface area (Å²) in [6.07, 6.45) is 1.72. The van der Waals surface area contributed by atoms with Gasteiger partial charge in [-0.2, -0.15) is 0 Å². The first-order chi connectivity index (χ1) is 12.4. The summed E-state index contributed by atoms with van der Waals surface area (Å²) in [5, 5.41) is 11.8. The molecule has 0 radical (unpaired) electrons. The Kier molecular flexibility index (Phi) is 7.41. The van der Waals surface area contributed by atoms with Crippen LogP contribution in [0.15, 0.2) is 18.2 Å². The highest BCUT2D eigenvalue weighted by atomic mass is 16.5. The molecule has 0 aromatic heterocycles. The van der Waals surface area contributed by atoms with Gasteiger partial charge in [-0.25, -0.2) is 4.79 Å². The Hall–Kier alpha value is -2.12. The molecule has 0 bridgehead atoms. The number of nitrogens with one attached hydrogen (secondary N) is 1. The first-order valence-corrected chi connectivity index (χ1v) is 9.12. The minimum Gasteiger partial charge on any atom is -0.480 e. The monoisotopic (exact) mass is 363 g/mol. The number of hydrogen-bond acceptors (Lipinski definition) is 4. The number of carboxylic acids is 1. The van der Waals surface area contributed by atoms with Crippen LogP contribution in [0.2, 0.25) is 0 Å². The van der Waals surface area contributed by atoms with E-state index in [1.54, 1.807) is 16.8 Å². The van der Waals surface area contributed by atoms with Crippen molar-refractivity contribution in [2.24, 2.45) is 0 Å². The van der Waals surface area contributed by atoms with E-state index in [0.717, 1.165) is 18.5 Å². The molecule has 1 saturated heterocycles. The summed E-state index contributed by atoms with van der Waals surface area (Å²) in [7, 11) is 1.73. The number of likely N-dealkylation sites (N-methyl/N-ethyl adjacent to an activating group) is 1. The van der Waals surface area contributed by atoms with Crippen LogP contribution in [0.1, 0.15) is 25.0 Å². The van der Waals surface area contributed by atoms with Crippen LogP contribution in [0.5, 0.6) is 0 Å². The first kappa shape index (κ1) is 20.2. The second-order valence-electron chi connectivity index (χ2n) is 6.65. The van der Waals surface area contributed by atoms with E-state index >= 15 is 0 Å². The Morgan fingerprint density at radius 3 is 2.69 bits per heavy atom. The Morgan fingerprint density at radius 1 is 1.31 bits per heavy atom. The maximum atomic E-state index is 12.6. The summed E-state index contributed by atoms with van der Waals surface area (Å²) in [5.41, 5.74) is 3.36. The highest BCUT2D eigenvalue weighted by Gasteiger charge is 2.25. The van der Waals surface area contributed by atoms with Crippen LogP contribution in [0.25, 0.3) is 0 Å². The van der Waals surface area contributed by atoms with Crippen molar-refractivity contribution in [3.63, 3.8) is 0 Å². The zero-order valence-corrected chi connectivity index (χ0v) is 15.8. The molecule has 1 aliphatic heterocycles. The zero-order chi connectivity index (χ0) is 19.1. The number of nitrogens with zero attached hydrogens (tertiary/aromatic N) is 2. The maximum Gasteiger partial charge on any atom is 0.322 e. The molecule has 0 spiro atoms. The molecule has 2 amide bonds. The SMILES string of the molecule is CCc1ccc(NC(=O)N2CCOC(CN(C)CC(=O)O)C2)cc1CC. The third-order valence-corrected chi connectivity index (χ3v) is 4.57. The Labute approximate surface area is 154 Å². The molecule has 2 N–H and O–H groups in total. The second kappa shape index (κ2) is 9.54. The molecule has 0 aliphatic carbocycles. The minimum atomic E-state index is -0.875. The van der Waals surface area contributed by atoms with Gasteiger partial charge in [0.25, 0.3) is 0 Å². The van der Waals surface area contributed by atoms with Crippen molar-refractivity contribution in [1.82, 2.24) is 9.80 Å². The average Bonchev–Trinajstić information content (AvgIpc) is 2.61. The van der Waals surface area contributed by atoms with E-state index in [1.165, 1.54) is 11.1 Å². The largest absolute Gasteiger partial charge is 0.480 e. The standard InChI is InChI=1S/C19H29N3O4/c1-4-14-6-7-16(10-15(14)5-2)20-19(25)22-8-9-26-17(12-22)11-21(3)13-18(23)24/h6-7,10,17H,4-5,8-9,11-13H2,1-3H3,(H,20,25)(H,23,24). The number of morpholine rings is 1. The number of carbonyl (C=O) groups is 2. The molecule has 1 aromatic carbocycles. The predicted molar refractivity (Wildman–Crippen MR) is 101 cm³/mol. The van der Waals surface area contributed by atoms with Crippen molar-refractivity contribution in [2.75, 3.05) is 45.2 Å². The number of hydrogen-bond donors (Lipinski definition) is 2. The summed E-state index contributed by atoms with van der Waals surface area (Å²) < 4.78 is 5.67. The highest BCUT2D eigenvalue weighted by Crippen LogP contribution is 2.18. The van der Waals surface area contributed by atoms with E-state index in [1.807, 2.05) is 12.1 Å². The van der Waals surface area contributed by atoms with Crippen molar-refractivity contribution >= 4 is 17.7 Å². The van der Waals surface area contributed by atoms with Crippen LogP contribution in [-0.2, 0) is 22.4 Å². The number of benzene rings is 1. The van der Waals surface area contributed by atoms with E-state index in [2.05, 4.69) is 25.2 Å². The van der Waals surface area contributed by atoms with Crippen LogP contribution in [0, 0.1) is 0 Å². The molecule has 1 fully saturated rings. The molecule has 2 rings (SSSR count). The van der Waals surface area contributed by atoms with Crippen LogP contribution >= 0.6 is 0 Å². The van der Waals surface area contributed by atoms with Crippen LogP contribution < -0.4 is 5.32 Å². The minimum absolute atomic E-state index is 0.0460. The lowest BCUT2D eigenvalue weighted by Crippen LogP contribution is -2.50. The Morgan fingerprint density at radius 2 is 2.04 bits per heavy atom. The van der Waals surface area contributed by atoms with E-state index in [-0.39, 0.29) is 18.7 Å². The molecule has 1 atom stereocenters. The fourth-order valence-electron chi connectivity index (χ4n) is 3.24. The summed E-state index contributed by atoms with van der Waals surface area (Å²) in [5.74, 6) is -0.875. The third kappa shape index (κ3) is 5.71. The third-order valence-electron chi connectivity index (χ3n) is 4.57. The molecular formula is C19H29N3O4. The number of urea groups is 1. The van der Waals surface area contributed by atoms with Crippen LogP contribution in [0.4, 0.5) is 10.5 Å². The predicted octanol–water partition coefficient (Wildman–Crippen LogP) is 2.06. The van der Waals surface area contributed by atoms with Gasteiger partial charge in [-0.3, -0.25) is 9.69 Å². The second-order valence-corrected chi connectivity index (χ2v) is 6.65. The molecule has 1 aliphatic rings. The van der Waals surface area contributed by atoms with Gasteiger partial charge in [-0.1, -0.05) is 19.9 Å². The summed E-state index contributed by atoms with van der Waals surface area (Å²) in [4.78, 5) is 26.8. The molecule has 1 aromatic rings. The van der Waals surface area contributed by atoms with E-state index in [9.17, 15) is 9.59 Å².